The van der Waals surface area contributed by atoms with Gasteiger partial charge in [0.1, 0.15) is 0 Å². The van der Waals surface area contributed by atoms with Gasteiger partial charge in [-0.05, 0) is 37.9 Å². The summed E-state index contributed by atoms with van der Waals surface area (Å²) in [5.41, 5.74) is 7.98. The third-order valence-electron chi connectivity index (χ3n) is 2.90. The lowest BCUT2D eigenvalue weighted by Crippen LogP contribution is -2.01. The van der Waals surface area contributed by atoms with Gasteiger partial charge in [0.05, 0.1) is 15.2 Å². The van der Waals surface area contributed by atoms with Crippen LogP contribution >= 0.6 is 11.3 Å². The Balaban J connectivity index is 2.29. The van der Waals surface area contributed by atoms with E-state index < -0.39 is 0 Å². The van der Waals surface area contributed by atoms with Crippen LogP contribution in [0.4, 0.5) is 0 Å². The third-order valence-corrected chi connectivity index (χ3v) is 4.15. The fourth-order valence-electron chi connectivity index (χ4n) is 1.86. The maximum absolute atomic E-state index is 5.54. The molecule has 1 unspecified atom stereocenters. The molecule has 0 fully saturated rings. The van der Waals surface area contributed by atoms with Crippen LogP contribution in [0.25, 0.3) is 10.2 Å². The highest BCUT2D eigenvalue weighted by molar-refractivity contribution is 7.18. The van der Waals surface area contributed by atoms with E-state index in [9.17, 15) is 0 Å². The van der Waals surface area contributed by atoms with E-state index in [2.05, 4.69) is 32.0 Å². The summed E-state index contributed by atoms with van der Waals surface area (Å²) in [6.45, 7) is 5.13. The summed E-state index contributed by atoms with van der Waals surface area (Å²) in [4.78, 5) is 4.74. The Bertz CT molecular complexity index is 476. The largest absolute Gasteiger partial charge is 0.330 e. The molecule has 3 heteroatoms. The number of nitrogens with two attached hydrogens (primary N) is 1. The predicted octanol–water partition coefficient (Wildman–Crippen LogP) is 3.45. The molecule has 0 saturated carbocycles. The number of aryl methyl sites for hydroxylation is 1. The molecule has 16 heavy (non-hydrogen) atoms. The Labute approximate surface area is 101 Å². The van der Waals surface area contributed by atoms with Gasteiger partial charge in [0.15, 0.2) is 0 Å². The lowest BCUT2D eigenvalue weighted by atomic mass is 10.1. The molecule has 1 heterocycles. The summed E-state index contributed by atoms with van der Waals surface area (Å²) in [6, 6.07) is 6.37. The van der Waals surface area contributed by atoms with Crippen LogP contribution in [0.2, 0.25) is 0 Å². The van der Waals surface area contributed by atoms with Crippen LogP contribution in [-0.4, -0.2) is 11.5 Å². The van der Waals surface area contributed by atoms with Crippen LogP contribution in [-0.2, 0) is 0 Å². The molecule has 2 rings (SSSR count). The zero-order valence-corrected chi connectivity index (χ0v) is 10.7. The molecule has 0 spiro atoms. The van der Waals surface area contributed by atoms with Gasteiger partial charge in [0.2, 0.25) is 0 Å². The number of hydrogen-bond acceptors (Lipinski definition) is 3. The number of thiazole rings is 1. The average molecular weight is 234 g/mol. The second-order valence-corrected chi connectivity index (χ2v) is 5.37. The topological polar surface area (TPSA) is 38.9 Å². The van der Waals surface area contributed by atoms with Gasteiger partial charge in [-0.25, -0.2) is 4.98 Å². The molecule has 0 radical (unpaired) electrons. The van der Waals surface area contributed by atoms with Crippen LogP contribution in [0.1, 0.15) is 36.3 Å². The molecule has 86 valence electrons. The fourth-order valence-corrected chi connectivity index (χ4v) is 2.99. The van der Waals surface area contributed by atoms with Gasteiger partial charge in [0.25, 0.3) is 0 Å². The van der Waals surface area contributed by atoms with Crippen molar-refractivity contribution in [3.05, 3.63) is 28.8 Å². The van der Waals surface area contributed by atoms with E-state index in [4.69, 9.17) is 10.7 Å². The zero-order chi connectivity index (χ0) is 11.5. The second-order valence-electron chi connectivity index (χ2n) is 4.31. The smallest absolute Gasteiger partial charge is 0.0966 e. The normalized spacial score (nSPS) is 13.2. The van der Waals surface area contributed by atoms with Crippen molar-refractivity contribution in [2.75, 3.05) is 6.54 Å². The summed E-state index contributed by atoms with van der Waals surface area (Å²) in [6.07, 6.45) is 2.21. The van der Waals surface area contributed by atoms with Gasteiger partial charge in [-0.2, -0.15) is 0 Å². The van der Waals surface area contributed by atoms with Crippen molar-refractivity contribution in [1.82, 2.24) is 4.98 Å². The lowest BCUT2D eigenvalue weighted by molar-refractivity contribution is 0.638. The third kappa shape index (κ3) is 2.25. The molecular weight excluding hydrogens is 216 g/mol. The fraction of sp³-hybridized carbons (Fsp3) is 0.462. The molecule has 0 aliphatic carbocycles. The number of aromatic nitrogens is 1. The van der Waals surface area contributed by atoms with Crippen molar-refractivity contribution in [1.29, 1.82) is 0 Å². The molecule has 0 aliphatic rings. The molecule has 2 aromatic rings. The molecule has 2 N–H and O–H groups in total. The number of rotatable bonds is 4. The number of hydrogen-bond donors (Lipinski definition) is 1. The molecule has 2 nitrogen and oxygen atoms in total. The van der Waals surface area contributed by atoms with Crippen molar-refractivity contribution in [3.63, 3.8) is 0 Å². The van der Waals surface area contributed by atoms with Gasteiger partial charge < -0.3 is 5.73 Å². The molecule has 0 amide bonds. The minimum absolute atomic E-state index is 0.528. The highest BCUT2D eigenvalue weighted by Gasteiger charge is 2.11. The van der Waals surface area contributed by atoms with E-state index in [1.54, 1.807) is 0 Å². The Morgan fingerprint density at radius 1 is 1.44 bits per heavy atom. The van der Waals surface area contributed by atoms with Crippen molar-refractivity contribution in [2.24, 2.45) is 5.73 Å². The number of fused-ring (bicyclic) bond motifs is 1. The Morgan fingerprint density at radius 3 is 2.94 bits per heavy atom. The summed E-state index contributed by atoms with van der Waals surface area (Å²) in [5.74, 6) is 0.528. The maximum Gasteiger partial charge on any atom is 0.0966 e. The quantitative estimate of drug-likeness (QED) is 0.880. The molecule has 1 aromatic heterocycles. The highest BCUT2D eigenvalue weighted by atomic mass is 32.1. The second kappa shape index (κ2) is 4.93. The molecule has 0 saturated heterocycles. The number of nitrogens with zero attached hydrogens (tertiary/aromatic N) is 1. The molecule has 1 atom stereocenters. The van der Waals surface area contributed by atoms with Crippen LogP contribution in [0.3, 0.4) is 0 Å². The van der Waals surface area contributed by atoms with Crippen molar-refractivity contribution < 1.29 is 0 Å². The zero-order valence-electron chi connectivity index (χ0n) is 9.86. The minimum atomic E-state index is 0.528. The van der Waals surface area contributed by atoms with E-state index in [1.165, 1.54) is 20.8 Å². The van der Waals surface area contributed by atoms with Gasteiger partial charge >= 0.3 is 0 Å². The first-order valence-electron chi connectivity index (χ1n) is 5.78. The Kier molecular flexibility index (Phi) is 3.56. The van der Waals surface area contributed by atoms with Crippen LogP contribution in [0.5, 0.6) is 0 Å². The molecule has 0 bridgehead atoms. The first-order chi connectivity index (χ1) is 7.72. The van der Waals surface area contributed by atoms with E-state index in [0.717, 1.165) is 19.4 Å². The molecule has 0 aliphatic heterocycles. The summed E-state index contributed by atoms with van der Waals surface area (Å²) in [5, 5.41) is 1.25. The Hall–Kier alpha value is -0.930. The van der Waals surface area contributed by atoms with Gasteiger partial charge in [0, 0.05) is 5.92 Å². The minimum Gasteiger partial charge on any atom is -0.330 e. The standard InChI is InChI=1S/C13H18N2S/c1-9-5-3-7-11-12(9)15-13(16-11)10(2)6-4-8-14/h3,5,7,10H,4,6,8,14H2,1-2H3. The molecule has 1 aromatic carbocycles. The van der Waals surface area contributed by atoms with E-state index in [0.29, 0.717) is 5.92 Å². The number of para-hydroxylation sites is 1. The van der Waals surface area contributed by atoms with Crippen LogP contribution < -0.4 is 5.73 Å². The monoisotopic (exact) mass is 234 g/mol. The highest BCUT2D eigenvalue weighted by Crippen LogP contribution is 2.30. The van der Waals surface area contributed by atoms with Crippen molar-refractivity contribution in [3.8, 4) is 0 Å². The van der Waals surface area contributed by atoms with E-state index in [-0.39, 0.29) is 0 Å². The van der Waals surface area contributed by atoms with Crippen molar-refractivity contribution in [2.45, 2.75) is 32.6 Å². The summed E-state index contributed by atoms with van der Waals surface area (Å²) in [7, 11) is 0. The van der Waals surface area contributed by atoms with Crippen LogP contribution in [0.15, 0.2) is 18.2 Å². The maximum atomic E-state index is 5.54. The lowest BCUT2D eigenvalue weighted by Gasteiger charge is -2.05. The molecular formula is C13H18N2S. The van der Waals surface area contributed by atoms with E-state index in [1.807, 2.05) is 11.3 Å². The van der Waals surface area contributed by atoms with Gasteiger partial charge in [-0.3, -0.25) is 0 Å². The van der Waals surface area contributed by atoms with Gasteiger partial charge in [-0.15, -0.1) is 11.3 Å². The predicted molar refractivity (Wildman–Crippen MR) is 71.1 cm³/mol. The summed E-state index contributed by atoms with van der Waals surface area (Å²) >= 11 is 1.82. The average Bonchev–Trinajstić information content (AvgIpc) is 2.71. The summed E-state index contributed by atoms with van der Waals surface area (Å²) < 4.78 is 1.30. The first kappa shape index (κ1) is 11.6. The first-order valence-corrected chi connectivity index (χ1v) is 6.60. The number of benzene rings is 1. The van der Waals surface area contributed by atoms with Crippen LogP contribution in [0, 0.1) is 6.92 Å². The van der Waals surface area contributed by atoms with Crippen molar-refractivity contribution >= 4 is 21.6 Å². The van der Waals surface area contributed by atoms with E-state index >= 15 is 0 Å². The Morgan fingerprint density at radius 2 is 2.25 bits per heavy atom. The van der Waals surface area contributed by atoms with Gasteiger partial charge in [-0.1, -0.05) is 19.1 Å². The SMILES string of the molecule is Cc1cccc2sc(C(C)CCCN)nc12.